The second-order valence-electron chi connectivity index (χ2n) is 4.40. The highest BCUT2D eigenvalue weighted by Gasteiger charge is 2.19. The molecule has 1 N–H and O–H groups in total. The predicted molar refractivity (Wildman–Crippen MR) is 80.2 cm³/mol. The molecule has 0 bridgehead atoms. The molecule has 0 saturated heterocycles. The number of hydrogen-bond donors (Lipinski definition) is 1. The molecule has 0 aliphatic carbocycles. The van der Waals surface area contributed by atoms with Gasteiger partial charge in [0, 0.05) is 6.61 Å². The third kappa shape index (κ3) is 3.19. The Morgan fingerprint density at radius 2 is 1.33 bits per heavy atom. The maximum absolute atomic E-state index is 9.19. The average Bonchev–Trinajstić information content (AvgIpc) is 2.42. The van der Waals surface area contributed by atoms with Crippen LogP contribution in [0, 0.1) is 0 Å². The minimum absolute atomic E-state index is 0.264. The molecule has 0 radical (unpaired) electrons. The molecule has 0 heterocycles. The highest BCUT2D eigenvalue weighted by Crippen LogP contribution is 2.40. The summed E-state index contributed by atoms with van der Waals surface area (Å²) in [6.07, 6.45) is 0.857. The van der Waals surface area contributed by atoms with Crippen molar-refractivity contribution in [2.45, 2.75) is 19.0 Å². The van der Waals surface area contributed by atoms with Crippen molar-refractivity contribution in [1.29, 1.82) is 0 Å². The predicted octanol–water partition coefficient (Wildman–Crippen LogP) is 2.89. The number of aliphatic hydroxyl groups is 1. The fourth-order valence-corrected chi connectivity index (χ4v) is 4.83. The molecule has 94 valence electrons. The summed E-state index contributed by atoms with van der Waals surface area (Å²) < 4.78 is 0. The molecule has 2 rings (SSSR count). The zero-order valence-electron chi connectivity index (χ0n) is 10.7. The summed E-state index contributed by atoms with van der Waals surface area (Å²) in [4.78, 5) is 0. The molecule has 1 unspecified atom stereocenters. The van der Waals surface area contributed by atoms with E-state index in [-0.39, 0.29) is 14.5 Å². The van der Waals surface area contributed by atoms with E-state index in [1.54, 1.807) is 0 Å². The van der Waals surface area contributed by atoms with Gasteiger partial charge in [0.1, 0.15) is 0 Å². The van der Waals surface area contributed by atoms with Gasteiger partial charge < -0.3 is 5.11 Å². The Morgan fingerprint density at radius 1 is 0.889 bits per heavy atom. The summed E-state index contributed by atoms with van der Waals surface area (Å²) in [6, 6.07) is 21.3. The van der Waals surface area contributed by atoms with E-state index in [0.29, 0.717) is 5.66 Å². The highest BCUT2D eigenvalue weighted by molar-refractivity contribution is 7.73. The Bertz CT molecular complexity index is 416. The number of rotatable bonds is 5. The van der Waals surface area contributed by atoms with E-state index in [9.17, 15) is 5.11 Å². The first kappa shape index (κ1) is 13.3. The molecule has 0 aliphatic rings. The third-order valence-corrected chi connectivity index (χ3v) is 5.91. The minimum atomic E-state index is -0.378. The molecule has 1 nitrogen and oxygen atoms in total. The van der Waals surface area contributed by atoms with Gasteiger partial charge >= 0.3 is 0 Å². The van der Waals surface area contributed by atoms with Gasteiger partial charge in [0.05, 0.1) is 0 Å². The van der Waals surface area contributed by atoms with Gasteiger partial charge in [0.25, 0.3) is 0 Å². The molecule has 2 aromatic carbocycles. The number of aliphatic hydroxyl groups excluding tert-OH is 1. The maximum Gasteiger partial charge on any atom is 0.0437 e. The molecule has 0 amide bonds. The molecule has 2 aromatic rings. The van der Waals surface area contributed by atoms with E-state index in [4.69, 9.17) is 0 Å². The third-order valence-electron chi connectivity index (χ3n) is 3.06. The monoisotopic (exact) mass is 258 g/mol. The summed E-state index contributed by atoms with van der Waals surface area (Å²) >= 11 is 0. The lowest BCUT2D eigenvalue weighted by atomic mass is 10.3. The van der Waals surface area contributed by atoms with Crippen LogP contribution in [-0.2, 0) is 0 Å². The molecule has 0 fully saturated rings. The van der Waals surface area contributed by atoms with E-state index in [1.165, 1.54) is 10.6 Å². The van der Waals surface area contributed by atoms with E-state index in [2.05, 4.69) is 67.6 Å². The molecule has 0 saturated carbocycles. The molecular weight excluding hydrogens is 239 g/mol. The van der Waals surface area contributed by atoms with E-state index in [1.807, 2.05) is 0 Å². The molecular formula is C16H19OP. The van der Waals surface area contributed by atoms with Crippen LogP contribution in [0.3, 0.4) is 0 Å². The van der Waals surface area contributed by atoms with Crippen LogP contribution in [0.1, 0.15) is 13.3 Å². The fourth-order valence-electron chi connectivity index (χ4n) is 2.15. The van der Waals surface area contributed by atoms with Crippen LogP contribution in [-0.4, -0.2) is 17.4 Å². The van der Waals surface area contributed by atoms with Gasteiger partial charge in [-0.1, -0.05) is 67.6 Å². The minimum Gasteiger partial charge on any atom is -0.396 e. The molecule has 2 heteroatoms. The van der Waals surface area contributed by atoms with Crippen molar-refractivity contribution in [2.24, 2.45) is 0 Å². The lowest BCUT2D eigenvalue weighted by molar-refractivity contribution is 0.288. The quantitative estimate of drug-likeness (QED) is 0.818. The van der Waals surface area contributed by atoms with Gasteiger partial charge in [-0.05, 0) is 30.6 Å². The zero-order chi connectivity index (χ0) is 12.8. The standard InChI is InChI=1S/C16H19OP/c1-14(12-13-17)18(15-8-4-2-5-9-15)16-10-6-3-7-11-16/h2-11,14,17H,12-13H2,1H3. The van der Waals surface area contributed by atoms with Crippen molar-refractivity contribution in [3.63, 3.8) is 0 Å². The summed E-state index contributed by atoms with van der Waals surface area (Å²) in [7, 11) is -0.378. The Kier molecular flexibility index (Phi) is 4.92. The maximum atomic E-state index is 9.19. The second kappa shape index (κ2) is 6.68. The normalized spacial score (nSPS) is 12.6. The lowest BCUT2D eigenvalue weighted by Gasteiger charge is -2.25. The van der Waals surface area contributed by atoms with Crippen molar-refractivity contribution in [3.8, 4) is 0 Å². The van der Waals surface area contributed by atoms with Gasteiger partial charge in [-0.25, -0.2) is 0 Å². The van der Waals surface area contributed by atoms with Crippen LogP contribution in [0.5, 0.6) is 0 Å². The van der Waals surface area contributed by atoms with Gasteiger partial charge in [-0.3, -0.25) is 0 Å². The largest absolute Gasteiger partial charge is 0.396 e. The lowest BCUT2D eigenvalue weighted by Crippen LogP contribution is -2.20. The van der Waals surface area contributed by atoms with E-state index >= 15 is 0 Å². The Morgan fingerprint density at radius 3 is 1.72 bits per heavy atom. The molecule has 0 aromatic heterocycles. The average molecular weight is 258 g/mol. The van der Waals surface area contributed by atoms with E-state index < -0.39 is 0 Å². The summed E-state index contributed by atoms with van der Waals surface area (Å²) in [5.74, 6) is 0. The van der Waals surface area contributed by atoms with Crippen molar-refractivity contribution in [2.75, 3.05) is 6.61 Å². The van der Waals surface area contributed by atoms with E-state index in [0.717, 1.165) is 6.42 Å². The van der Waals surface area contributed by atoms with Gasteiger partial charge in [0.2, 0.25) is 0 Å². The fraction of sp³-hybridized carbons (Fsp3) is 0.250. The molecule has 18 heavy (non-hydrogen) atoms. The van der Waals surface area contributed by atoms with Crippen molar-refractivity contribution in [1.82, 2.24) is 0 Å². The van der Waals surface area contributed by atoms with Crippen LogP contribution < -0.4 is 10.6 Å². The van der Waals surface area contributed by atoms with Crippen LogP contribution >= 0.6 is 7.92 Å². The van der Waals surface area contributed by atoms with Crippen molar-refractivity contribution < 1.29 is 5.11 Å². The summed E-state index contributed by atoms with van der Waals surface area (Å²) in [6.45, 7) is 2.50. The Hall–Kier alpha value is -1.17. The summed E-state index contributed by atoms with van der Waals surface area (Å²) in [5.41, 5.74) is 0.495. The van der Waals surface area contributed by atoms with Gasteiger partial charge in [-0.2, -0.15) is 0 Å². The van der Waals surface area contributed by atoms with Crippen LogP contribution in [0.4, 0.5) is 0 Å². The van der Waals surface area contributed by atoms with Crippen molar-refractivity contribution in [3.05, 3.63) is 60.7 Å². The molecule has 0 aliphatic heterocycles. The number of benzene rings is 2. The van der Waals surface area contributed by atoms with Gasteiger partial charge in [-0.15, -0.1) is 0 Å². The Balaban J connectivity index is 2.35. The van der Waals surface area contributed by atoms with Crippen LogP contribution in [0.2, 0.25) is 0 Å². The summed E-state index contributed by atoms with van der Waals surface area (Å²) in [5, 5.41) is 12.0. The Labute approximate surface area is 110 Å². The first-order valence-electron chi connectivity index (χ1n) is 6.33. The molecule has 0 spiro atoms. The second-order valence-corrected chi connectivity index (χ2v) is 7.06. The van der Waals surface area contributed by atoms with Crippen molar-refractivity contribution >= 4 is 18.5 Å². The first-order valence-corrected chi connectivity index (χ1v) is 7.74. The van der Waals surface area contributed by atoms with Crippen LogP contribution in [0.15, 0.2) is 60.7 Å². The molecule has 1 atom stereocenters. The zero-order valence-corrected chi connectivity index (χ0v) is 11.6. The SMILES string of the molecule is CC(CCO)P(c1ccccc1)c1ccccc1. The smallest absolute Gasteiger partial charge is 0.0437 e. The van der Waals surface area contributed by atoms with Crippen LogP contribution in [0.25, 0.3) is 0 Å². The van der Waals surface area contributed by atoms with Gasteiger partial charge in [0.15, 0.2) is 0 Å². The highest BCUT2D eigenvalue weighted by atomic mass is 31.1. The topological polar surface area (TPSA) is 20.2 Å². The first-order chi connectivity index (χ1) is 8.83. The number of hydrogen-bond acceptors (Lipinski definition) is 1.